The third-order valence-corrected chi connectivity index (χ3v) is 7.22. The van der Waals surface area contributed by atoms with Crippen LogP contribution in [-0.4, -0.2) is 62.2 Å². The van der Waals surface area contributed by atoms with E-state index in [2.05, 4.69) is 26.3 Å². The normalized spacial score (nSPS) is 20.7. The highest BCUT2D eigenvalue weighted by molar-refractivity contribution is 6.10. The zero-order valence-electron chi connectivity index (χ0n) is 21.2. The Kier molecular flexibility index (Phi) is 6.57. The number of amidine groups is 1. The second-order valence-corrected chi connectivity index (χ2v) is 9.33. The molecule has 0 bridgehead atoms. The lowest BCUT2D eigenvalue weighted by molar-refractivity contribution is 0.0207. The Morgan fingerprint density at radius 3 is 2.76 bits per heavy atom. The summed E-state index contributed by atoms with van der Waals surface area (Å²) >= 11 is 0. The minimum absolute atomic E-state index is 0.257. The number of methoxy groups -OCH3 is 1. The minimum Gasteiger partial charge on any atom is -0.481 e. The van der Waals surface area contributed by atoms with E-state index in [1.807, 2.05) is 6.92 Å². The fraction of sp³-hybridized carbons (Fsp3) is 0.407. The average molecular weight is 508 g/mol. The average Bonchev–Trinajstić information content (AvgIpc) is 3.32. The molecular weight excluding hydrogens is 477 g/mol. The number of aliphatic imine (C=N–C) groups is 1. The number of pyridine rings is 1. The Morgan fingerprint density at radius 1 is 1.27 bits per heavy atom. The molecule has 1 aromatic carbocycles. The number of ether oxygens (including phenoxy) is 2. The van der Waals surface area contributed by atoms with E-state index >= 15 is 0 Å². The number of amides is 2. The molecule has 0 saturated carbocycles. The van der Waals surface area contributed by atoms with Crippen molar-refractivity contribution in [3.63, 3.8) is 0 Å². The highest BCUT2D eigenvalue weighted by Crippen LogP contribution is 2.39. The summed E-state index contributed by atoms with van der Waals surface area (Å²) in [6, 6.07) is 8.04. The van der Waals surface area contributed by atoms with E-state index in [0.29, 0.717) is 56.3 Å². The molecule has 0 radical (unpaired) electrons. The number of halogens is 1. The van der Waals surface area contributed by atoms with Gasteiger partial charge < -0.3 is 19.3 Å². The summed E-state index contributed by atoms with van der Waals surface area (Å²) in [7, 11) is 3.17. The van der Waals surface area contributed by atoms with E-state index in [-0.39, 0.29) is 17.4 Å². The number of nitrogens with one attached hydrogen (secondary N) is 1. The number of hydrogen-bond acceptors (Lipinski definition) is 7. The standard InChI is InChI=1S/C27H30FN5O4/c1-4-5-20-24(29-2)31-26(35)37-27(20)9-12-32(13-10-27)19-15-21(30-23(16-19)36-3)25(34)33-11-8-17-14-18(28)6-7-22(17)33/h5-7,14-16H,4,8-13H2,1-3H3,(H,29,31,35)/b20-5+. The third-order valence-electron chi connectivity index (χ3n) is 7.22. The molecule has 1 N–H and O–H groups in total. The molecule has 10 heteroatoms. The highest BCUT2D eigenvalue weighted by Gasteiger charge is 2.47. The number of alkyl carbamates (subject to hydrolysis) is 1. The van der Waals surface area contributed by atoms with Crippen LogP contribution < -0.4 is 19.9 Å². The van der Waals surface area contributed by atoms with Crippen LogP contribution in [-0.2, 0) is 11.2 Å². The van der Waals surface area contributed by atoms with Gasteiger partial charge in [0, 0.05) is 62.5 Å². The van der Waals surface area contributed by atoms with Gasteiger partial charge in [-0.25, -0.2) is 14.2 Å². The third kappa shape index (κ3) is 4.52. The molecule has 0 unspecified atom stereocenters. The zero-order chi connectivity index (χ0) is 26.2. The lowest BCUT2D eigenvalue weighted by Crippen LogP contribution is -2.57. The second kappa shape index (κ2) is 9.84. The molecule has 3 aliphatic heterocycles. The first-order valence-corrected chi connectivity index (χ1v) is 12.5. The molecule has 2 aromatic rings. The number of carbonyl (C=O) groups excluding carboxylic acids is 2. The largest absolute Gasteiger partial charge is 0.481 e. The number of benzene rings is 1. The van der Waals surface area contributed by atoms with E-state index in [0.717, 1.165) is 23.2 Å². The number of fused-ring (bicyclic) bond motifs is 1. The Bertz CT molecular complexity index is 1300. The molecule has 194 valence electrons. The summed E-state index contributed by atoms with van der Waals surface area (Å²) in [4.78, 5) is 38.2. The number of allylic oxidation sites excluding steroid dienone is 1. The number of rotatable bonds is 4. The fourth-order valence-corrected chi connectivity index (χ4v) is 5.41. The number of hydrogen-bond donors (Lipinski definition) is 1. The van der Waals surface area contributed by atoms with Crippen molar-refractivity contribution in [3.8, 4) is 5.88 Å². The molecular formula is C27H30FN5O4. The lowest BCUT2D eigenvalue weighted by Gasteiger charge is -2.45. The summed E-state index contributed by atoms with van der Waals surface area (Å²) in [5.41, 5.74) is 2.73. The van der Waals surface area contributed by atoms with Crippen LogP contribution in [0.3, 0.4) is 0 Å². The Hall–Kier alpha value is -3.95. The van der Waals surface area contributed by atoms with Gasteiger partial charge in [-0.15, -0.1) is 0 Å². The molecule has 2 saturated heterocycles. The van der Waals surface area contributed by atoms with Gasteiger partial charge in [0.25, 0.3) is 5.91 Å². The van der Waals surface area contributed by atoms with Crippen molar-refractivity contribution in [1.29, 1.82) is 0 Å². The molecule has 0 atom stereocenters. The maximum Gasteiger partial charge on any atom is 0.413 e. The smallest absolute Gasteiger partial charge is 0.413 e. The number of carbonyl (C=O) groups is 2. The van der Waals surface area contributed by atoms with Gasteiger partial charge in [-0.05, 0) is 42.7 Å². The molecule has 9 nitrogen and oxygen atoms in total. The van der Waals surface area contributed by atoms with Gasteiger partial charge in [0.15, 0.2) is 0 Å². The molecule has 2 fully saturated rings. The fourth-order valence-electron chi connectivity index (χ4n) is 5.41. The van der Waals surface area contributed by atoms with Crippen molar-refractivity contribution >= 4 is 29.2 Å². The Labute approximate surface area is 215 Å². The van der Waals surface area contributed by atoms with Crippen LogP contribution in [0, 0.1) is 5.82 Å². The predicted molar refractivity (Wildman–Crippen MR) is 138 cm³/mol. The summed E-state index contributed by atoms with van der Waals surface area (Å²) in [5.74, 6) is 0.311. The summed E-state index contributed by atoms with van der Waals surface area (Å²) < 4.78 is 24.9. The van der Waals surface area contributed by atoms with Crippen LogP contribution in [0.5, 0.6) is 5.88 Å². The Morgan fingerprint density at radius 2 is 2.05 bits per heavy atom. The van der Waals surface area contributed by atoms with Gasteiger partial charge in [-0.1, -0.05) is 13.0 Å². The number of piperidine rings is 1. The van der Waals surface area contributed by atoms with Gasteiger partial charge >= 0.3 is 6.09 Å². The first kappa shape index (κ1) is 24.7. The molecule has 0 aliphatic carbocycles. The van der Waals surface area contributed by atoms with Gasteiger partial charge in [0.05, 0.1) is 7.11 Å². The maximum atomic E-state index is 13.7. The van der Waals surface area contributed by atoms with Gasteiger partial charge in [0.1, 0.15) is 22.9 Å². The first-order chi connectivity index (χ1) is 17.9. The quantitative estimate of drug-likeness (QED) is 0.675. The highest BCUT2D eigenvalue weighted by atomic mass is 19.1. The van der Waals surface area contributed by atoms with Crippen LogP contribution in [0.25, 0.3) is 0 Å². The molecule has 2 amide bonds. The monoisotopic (exact) mass is 507 g/mol. The molecule has 1 aromatic heterocycles. The van der Waals surface area contributed by atoms with E-state index < -0.39 is 11.7 Å². The minimum atomic E-state index is -0.742. The SMILES string of the molecule is CC/C=C1\C(=NC)NC(=O)OC12CCN(c1cc(OC)nc(C(=O)N3CCc4cc(F)ccc43)c1)CC2. The van der Waals surface area contributed by atoms with Crippen molar-refractivity contribution in [2.75, 3.05) is 43.6 Å². The number of nitrogens with zero attached hydrogens (tertiary/aromatic N) is 4. The van der Waals surface area contributed by atoms with Crippen molar-refractivity contribution in [2.45, 2.75) is 38.2 Å². The van der Waals surface area contributed by atoms with Gasteiger partial charge in [-0.2, -0.15) is 0 Å². The van der Waals surface area contributed by atoms with E-state index in [1.54, 1.807) is 30.1 Å². The topological polar surface area (TPSA) is 96.4 Å². The molecule has 5 rings (SSSR count). The number of anilines is 2. The van der Waals surface area contributed by atoms with Crippen LogP contribution in [0.4, 0.5) is 20.6 Å². The van der Waals surface area contributed by atoms with Crippen LogP contribution in [0.15, 0.2) is 47.0 Å². The second-order valence-electron chi connectivity index (χ2n) is 9.33. The summed E-state index contributed by atoms with van der Waals surface area (Å²) in [5, 5.41) is 2.71. The first-order valence-electron chi connectivity index (χ1n) is 12.5. The van der Waals surface area contributed by atoms with E-state index in [4.69, 9.17) is 9.47 Å². The predicted octanol–water partition coefficient (Wildman–Crippen LogP) is 3.88. The van der Waals surface area contributed by atoms with Crippen LogP contribution in [0.1, 0.15) is 42.2 Å². The van der Waals surface area contributed by atoms with Gasteiger partial charge in [-0.3, -0.25) is 15.1 Å². The maximum absolute atomic E-state index is 13.7. The molecule has 1 spiro atoms. The van der Waals surface area contributed by atoms with Crippen molar-refractivity contribution in [3.05, 3.63) is 59.1 Å². The molecule has 3 aliphatic rings. The molecule has 37 heavy (non-hydrogen) atoms. The summed E-state index contributed by atoms with van der Waals surface area (Å²) in [6.07, 6.45) is 4.09. The van der Waals surface area contributed by atoms with Crippen molar-refractivity contribution in [2.24, 2.45) is 4.99 Å². The van der Waals surface area contributed by atoms with Crippen molar-refractivity contribution in [1.82, 2.24) is 10.3 Å². The summed E-state index contributed by atoms with van der Waals surface area (Å²) in [6.45, 7) is 3.69. The van der Waals surface area contributed by atoms with Crippen LogP contribution in [0.2, 0.25) is 0 Å². The number of aromatic nitrogens is 1. The van der Waals surface area contributed by atoms with E-state index in [9.17, 15) is 14.0 Å². The van der Waals surface area contributed by atoms with Gasteiger partial charge in [0.2, 0.25) is 5.88 Å². The van der Waals surface area contributed by atoms with Crippen LogP contribution >= 0.6 is 0 Å². The Balaban J connectivity index is 1.40. The van der Waals surface area contributed by atoms with Crippen molar-refractivity contribution < 1.29 is 23.5 Å². The molecule has 4 heterocycles. The lowest BCUT2D eigenvalue weighted by atomic mass is 9.81. The zero-order valence-corrected chi connectivity index (χ0v) is 21.2. The van der Waals surface area contributed by atoms with E-state index in [1.165, 1.54) is 19.2 Å².